The van der Waals surface area contributed by atoms with Gasteiger partial charge in [0.05, 0.1) is 17.2 Å². The van der Waals surface area contributed by atoms with E-state index >= 15 is 0 Å². The molecule has 1 amide bonds. The standard InChI is InChI=1S/C15H13F3N2O2/c1-9(10-3-2-4-12(7-10)15(16,17)18)20-14(22)11-5-6-13(21)19-8-11/h2-9H,1H3,(H,19,21)(H,20,22)/t9-/m1/s1. The van der Waals surface area contributed by atoms with Crippen molar-refractivity contribution in [2.24, 2.45) is 0 Å². The maximum absolute atomic E-state index is 12.7. The van der Waals surface area contributed by atoms with E-state index in [1.54, 1.807) is 6.92 Å². The van der Waals surface area contributed by atoms with Crippen LogP contribution >= 0.6 is 0 Å². The van der Waals surface area contributed by atoms with Gasteiger partial charge in [-0.15, -0.1) is 0 Å². The number of benzene rings is 1. The Balaban J connectivity index is 2.15. The number of hydrogen-bond donors (Lipinski definition) is 2. The Morgan fingerprint density at radius 3 is 2.55 bits per heavy atom. The fraction of sp³-hybridized carbons (Fsp3) is 0.200. The molecule has 1 aromatic heterocycles. The number of nitrogens with one attached hydrogen (secondary N) is 2. The predicted molar refractivity (Wildman–Crippen MR) is 74.4 cm³/mol. The van der Waals surface area contributed by atoms with Crippen LogP contribution in [0.2, 0.25) is 0 Å². The van der Waals surface area contributed by atoms with E-state index in [9.17, 15) is 22.8 Å². The zero-order valence-corrected chi connectivity index (χ0v) is 11.6. The van der Waals surface area contributed by atoms with Gasteiger partial charge in [0.25, 0.3) is 5.91 Å². The summed E-state index contributed by atoms with van der Waals surface area (Å²) in [6, 6.07) is 6.70. The molecule has 7 heteroatoms. The molecule has 0 unspecified atom stereocenters. The van der Waals surface area contributed by atoms with Crippen LogP contribution in [0.4, 0.5) is 13.2 Å². The van der Waals surface area contributed by atoms with Crippen molar-refractivity contribution in [2.75, 3.05) is 0 Å². The largest absolute Gasteiger partial charge is 0.416 e. The SMILES string of the molecule is C[C@@H](NC(=O)c1ccc(=O)[nH]c1)c1cccc(C(F)(F)F)c1. The first-order chi connectivity index (χ1) is 10.3. The van der Waals surface area contributed by atoms with E-state index in [0.29, 0.717) is 5.56 Å². The lowest BCUT2D eigenvalue weighted by molar-refractivity contribution is -0.137. The Labute approximate surface area is 124 Å². The fourth-order valence-electron chi connectivity index (χ4n) is 1.90. The Morgan fingerprint density at radius 1 is 1.23 bits per heavy atom. The molecule has 0 radical (unpaired) electrons. The molecule has 1 aromatic carbocycles. The molecule has 0 saturated heterocycles. The van der Waals surface area contributed by atoms with E-state index < -0.39 is 23.7 Å². The third-order valence-electron chi connectivity index (χ3n) is 3.11. The van der Waals surface area contributed by atoms with Gasteiger partial charge in [-0.05, 0) is 30.7 Å². The maximum atomic E-state index is 12.7. The normalized spacial score (nSPS) is 12.7. The average Bonchev–Trinajstić information content (AvgIpc) is 2.47. The van der Waals surface area contributed by atoms with Crippen LogP contribution in [0, 0.1) is 0 Å². The summed E-state index contributed by atoms with van der Waals surface area (Å²) in [5.41, 5.74) is -0.552. The summed E-state index contributed by atoms with van der Waals surface area (Å²) in [6.07, 6.45) is -3.19. The lowest BCUT2D eigenvalue weighted by Gasteiger charge is -2.16. The van der Waals surface area contributed by atoms with Gasteiger partial charge >= 0.3 is 6.18 Å². The molecule has 2 N–H and O–H groups in total. The second kappa shape index (κ2) is 6.05. The van der Waals surface area contributed by atoms with Crippen molar-refractivity contribution in [2.45, 2.75) is 19.1 Å². The Morgan fingerprint density at radius 2 is 1.95 bits per heavy atom. The van der Waals surface area contributed by atoms with Crippen LogP contribution < -0.4 is 10.9 Å². The molecule has 0 aliphatic rings. The van der Waals surface area contributed by atoms with Gasteiger partial charge < -0.3 is 10.3 Å². The lowest BCUT2D eigenvalue weighted by Crippen LogP contribution is -2.27. The highest BCUT2D eigenvalue weighted by molar-refractivity contribution is 5.94. The quantitative estimate of drug-likeness (QED) is 0.915. The number of aromatic nitrogens is 1. The molecule has 0 saturated carbocycles. The van der Waals surface area contributed by atoms with Crippen molar-refractivity contribution < 1.29 is 18.0 Å². The van der Waals surface area contributed by atoms with E-state index in [1.165, 1.54) is 30.5 Å². The summed E-state index contributed by atoms with van der Waals surface area (Å²) < 4.78 is 38.0. The van der Waals surface area contributed by atoms with Gasteiger partial charge in [-0.2, -0.15) is 13.2 Å². The van der Waals surface area contributed by atoms with Gasteiger partial charge in [0.2, 0.25) is 5.56 Å². The molecule has 0 spiro atoms. The number of hydrogen-bond acceptors (Lipinski definition) is 2. The van der Waals surface area contributed by atoms with Crippen molar-refractivity contribution in [3.8, 4) is 0 Å². The molecule has 0 fully saturated rings. The summed E-state index contributed by atoms with van der Waals surface area (Å²) >= 11 is 0. The molecule has 22 heavy (non-hydrogen) atoms. The topological polar surface area (TPSA) is 62.0 Å². The van der Waals surface area contributed by atoms with Crippen molar-refractivity contribution in [3.63, 3.8) is 0 Å². The molecule has 2 rings (SSSR count). The summed E-state index contributed by atoms with van der Waals surface area (Å²) in [4.78, 5) is 25.2. The molecule has 4 nitrogen and oxygen atoms in total. The molecule has 0 bridgehead atoms. The maximum Gasteiger partial charge on any atom is 0.416 e. The zero-order valence-electron chi connectivity index (χ0n) is 11.6. The van der Waals surface area contributed by atoms with E-state index in [4.69, 9.17) is 0 Å². The van der Waals surface area contributed by atoms with Crippen LogP contribution in [0.1, 0.15) is 34.5 Å². The number of amides is 1. The first-order valence-corrected chi connectivity index (χ1v) is 6.44. The minimum atomic E-state index is -4.43. The molecule has 0 aliphatic heterocycles. The van der Waals surface area contributed by atoms with Crippen molar-refractivity contribution in [3.05, 3.63) is 69.6 Å². The molecule has 2 aromatic rings. The monoisotopic (exact) mass is 310 g/mol. The number of rotatable bonds is 3. The first-order valence-electron chi connectivity index (χ1n) is 6.44. The van der Waals surface area contributed by atoms with E-state index in [0.717, 1.165) is 12.1 Å². The average molecular weight is 310 g/mol. The van der Waals surface area contributed by atoms with Crippen molar-refractivity contribution in [1.82, 2.24) is 10.3 Å². The number of H-pyrrole nitrogens is 1. The summed E-state index contributed by atoms with van der Waals surface area (Å²) in [7, 11) is 0. The minimum absolute atomic E-state index is 0.221. The third kappa shape index (κ3) is 3.75. The third-order valence-corrected chi connectivity index (χ3v) is 3.11. The number of carbonyl (C=O) groups excluding carboxylic acids is 1. The molecule has 1 heterocycles. The van der Waals surface area contributed by atoms with Gasteiger partial charge in [-0.3, -0.25) is 9.59 Å². The van der Waals surface area contributed by atoms with Gasteiger partial charge in [0, 0.05) is 12.3 Å². The summed E-state index contributed by atoms with van der Waals surface area (Å²) in [5, 5.41) is 2.58. The molecule has 1 atom stereocenters. The van der Waals surface area contributed by atoms with Crippen LogP contribution in [0.5, 0.6) is 0 Å². The lowest BCUT2D eigenvalue weighted by atomic mass is 10.0. The second-order valence-electron chi connectivity index (χ2n) is 4.76. The number of pyridine rings is 1. The van der Waals surface area contributed by atoms with Gasteiger partial charge in [-0.1, -0.05) is 12.1 Å². The van der Waals surface area contributed by atoms with Crippen LogP contribution in [0.15, 0.2) is 47.4 Å². The van der Waals surface area contributed by atoms with E-state index in [2.05, 4.69) is 10.3 Å². The zero-order chi connectivity index (χ0) is 16.3. The van der Waals surface area contributed by atoms with E-state index in [-0.39, 0.29) is 11.1 Å². The highest BCUT2D eigenvalue weighted by Gasteiger charge is 2.30. The predicted octanol–water partition coefficient (Wildman–Crippen LogP) is 2.88. The number of aromatic amines is 1. The summed E-state index contributed by atoms with van der Waals surface area (Å²) in [6.45, 7) is 1.58. The first kappa shape index (κ1) is 15.8. The smallest absolute Gasteiger partial charge is 0.345 e. The van der Waals surface area contributed by atoms with Gasteiger partial charge in [0.15, 0.2) is 0 Å². The fourth-order valence-corrected chi connectivity index (χ4v) is 1.90. The summed E-state index contributed by atoms with van der Waals surface area (Å²) in [5.74, 6) is -0.485. The second-order valence-corrected chi connectivity index (χ2v) is 4.76. The minimum Gasteiger partial charge on any atom is -0.345 e. The number of carbonyl (C=O) groups is 1. The molecular formula is C15H13F3N2O2. The van der Waals surface area contributed by atoms with Gasteiger partial charge in [0.1, 0.15) is 0 Å². The number of halogens is 3. The van der Waals surface area contributed by atoms with Crippen molar-refractivity contribution in [1.29, 1.82) is 0 Å². The molecular weight excluding hydrogens is 297 g/mol. The van der Waals surface area contributed by atoms with Crippen LogP contribution in [0.3, 0.4) is 0 Å². The molecule has 0 aliphatic carbocycles. The highest BCUT2D eigenvalue weighted by atomic mass is 19.4. The highest BCUT2D eigenvalue weighted by Crippen LogP contribution is 2.30. The van der Waals surface area contributed by atoms with Gasteiger partial charge in [-0.25, -0.2) is 0 Å². The Kier molecular flexibility index (Phi) is 4.35. The Bertz CT molecular complexity index is 718. The van der Waals surface area contributed by atoms with Crippen LogP contribution in [-0.4, -0.2) is 10.9 Å². The number of alkyl halides is 3. The van der Waals surface area contributed by atoms with Crippen molar-refractivity contribution >= 4 is 5.91 Å². The van der Waals surface area contributed by atoms with Crippen LogP contribution in [-0.2, 0) is 6.18 Å². The Hall–Kier alpha value is -2.57. The molecule has 116 valence electrons. The van der Waals surface area contributed by atoms with E-state index in [1.807, 2.05) is 0 Å². The van der Waals surface area contributed by atoms with Crippen LogP contribution in [0.25, 0.3) is 0 Å².